The SMILES string of the molecule is COc1cccc([C@@H]2CCCCN2Cc2cnc(-c3ccco3)nc2)c1. The lowest BCUT2D eigenvalue weighted by Crippen LogP contribution is -2.33. The van der Waals surface area contributed by atoms with E-state index in [0.717, 1.165) is 24.4 Å². The van der Waals surface area contributed by atoms with Crippen LogP contribution in [-0.2, 0) is 6.54 Å². The Morgan fingerprint density at radius 2 is 2.04 bits per heavy atom. The highest BCUT2D eigenvalue weighted by atomic mass is 16.5. The maximum Gasteiger partial charge on any atom is 0.195 e. The zero-order chi connectivity index (χ0) is 17.8. The van der Waals surface area contributed by atoms with Crippen molar-refractivity contribution in [3.63, 3.8) is 0 Å². The molecule has 0 amide bonds. The molecule has 1 aromatic carbocycles. The number of aromatic nitrogens is 2. The van der Waals surface area contributed by atoms with Crippen molar-refractivity contribution in [2.24, 2.45) is 0 Å². The minimum absolute atomic E-state index is 0.406. The lowest BCUT2D eigenvalue weighted by molar-refractivity contribution is 0.140. The molecule has 0 radical (unpaired) electrons. The van der Waals surface area contributed by atoms with Crippen molar-refractivity contribution in [2.75, 3.05) is 13.7 Å². The van der Waals surface area contributed by atoms with Crippen molar-refractivity contribution in [2.45, 2.75) is 31.8 Å². The van der Waals surface area contributed by atoms with Gasteiger partial charge < -0.3 is 9.15 Å². The summed E-state index contributed by atoms with van der Waals surface area (Å²) >= 11 is 0. The number of ether oxygens (including phenoxy) is 1. The van der Waals surface area contributed by atoms with Gasteiger partial charge in [-0.15, -0.1) is 0 Å². The summed E-state index contributed by atoms with van der Waals surface area (Å²) in [5, 5.41) is 0. The van der Waals surface area contributed by atoms with Crippen LogP contribution in [0.25, 0.3) is 11.6 Å². The van der Waals surface area contributed by atoms with Crippen LogP contribution >= 0.6 is 0 Å². The molecule has 1 fully saturated rings. The summed E-state index contributed by atoms with van der Waals surface area (Å²) in [5.41, 5.74) is 2.44. The second-order valence-corrected chi connectivity index (χ2v) is 6.65. The normalized spacial score (nSPS) is 18.0. The molecule has 1 atom stereocenters. The number of furan rings is 1. The number of nitrogens with zero attached hydrogens (tertiary/aromatic N) is 3. The minimum atomic E-state index is 0.406. The van der Waals surface area contributed by atoms with Gasteiger partial charge in [-0.25, -0.2) is 9.97 Å². The molecule has 1 aliphatic rings. The van der Waals surface area contributed by atoms with Crippen LogP contribution < -0.4 is 4.74 Å². The second-order valence-electron chi connectivity index (χ2n) is 6.65. The number of rotatable bonds is 5. The standard InChI is InChI=1S/C21H23N3O2/c1-25-18-7-4-6-17(12-18)19-8-2-3-10-24(19)15-16-13-22-21(23-14-16)20-9-5-11-26-20/h4-7,9,11-14,19H,2-3,8,10,15H2,1H3/t19-/m0/s1. The highest BCUT2D eigenvalue weighted by Crippen LogP contribution is 2.33. The predicted octanol–water partition coefficient (Wildman–Crippen LogP) is 4.47. The molecule has 5 nitrogen and oxygen atoms in total. The van der Waals surface area contributed by atoms with Crippen molar-refractivity contribution in [3.05, 3.63) is 66.2 Å². The van der Waals surface area contributed by atoms with Gasteiger partial charge in [0, 0.05) is 30.5 Å². The molecule has 0 spiro atoms. The van der Waals surface area contributed by atoms with E-state index < -0.39 is 0 Å². The van der Waals surface area contributed by atoms with E-state index in [4.69, 9.17) is 9.15 Å². The van der Waals surface area contributed by atoms with E-state index in [1.54, 1.807) is 13.4 Å². The third kappa shape index (κ3) is 3.63. The Kier molecular flexibility index (Phi) is 4.97. The van der Waals surface area contributed by atoms with Gasteiger partial charge in [-0.3, -0.25) is 4.90 Å². The zero-order valence-corrected chi connectivity index (χ0v) is 15.0. The Hall–Kier alpha value is -2.66. The fraction of sp³-hybridized carbons (Fsp3) is 0.333. The first kappa shape index (κ1) is 16.8. The van der Waals surface area contributed by atoms with Crippen LogP contribution in [0.4, 0.5) is 0 Å². The van der Waals surface area contributed by atoms with Crippen molar-refractivity contribution >= 4 is 0 Å². The van der Waals surface area contributed by atoms with Crippen LogP contribution in [0.1, 0.15) is 36.4 Å². The Morgan fingerprint density at radius 3 is 2.81 bits per heavy atom. The average Bonchev–Trinajstić information content (AvgIpc) is 3.24. The largest absolute Gasteiger partial charge is 0.497 e. The number of methoxy groups -OCH3 is 1. The first-order valence-corrected chi connectivity index (χ1v) is 9.06. The van der Waals surface area contributed by atoms with E-state index in [1.807, 2.05) is 30.6 Å². The number of hydrogen-bond acceptors (Lipinski definition) is 5. The van der Waals surface area contributed by atoms with Gasteiger partial charge in [0.2, 0.25) is 0 Å². The first-order valence-electron chi connectivity index (χ1n) is 9.06. The molecule has 1 saturated heterocycles. The third-order valence-electron chi connectivity index (χ3n) is 4.92. The van der Waals surface area contributed by atoms with Crippen LogP contribution in [0.15, 0.2) is 59.5 Å². The van der Waals surface area contributed by atoms with Crippen molar-refractivity contribution in [1.29, 1.82) is 0 Å². The molecule has 26 heavy (non-hydrogen) atoms. The van der Waals surface area contributed by atoms with Crippen LogP contribution in [0.2, 0.25) is 0 Å². The summed E-state index contributed by atoms with van der Waals surface area (Å²) < 4.78 is 10.8. The molecule has 5 heteroatoms. The van der Waals surface area contributed by atoms with Crippen LogP contribution in [-0.4, -0.2) is 28.5 Å². The van der Waals surface area contributed by atoms with Crippen molar-refractivity contribution in [1.82, 2.24) is 14.9 Å². The van der Waals surface area contributed by atoms with Gasteiger partial charge in [0.15, 0.2) is 11.6 Å². The van der Waals surface area contributed by atoms with Gasteiger partial charge >= 0.3 is 0 Å². The molecule has 0 unspecified atom stereocenters. The molecular weight excluding hydrogens is 326 g/mol. The smallest absolute Gasteiger partial charge is 0.195 e. The van der Waals surface area contributed by atoms with Crippen LogP contribution in [0, 0.1) is 0 Å². The average molecular weight is 349 g/mol. The Morgan fingerprint density at radius 1 is 1.15 bits per heavy atom. The molecule has 0 aliphatic carbocycles. The lowest BCUT2D eigenvalue weighted by Gasteiger charge is -2.36. The van der Waals surface area contributed by atoms with E-state index in [0.29, 0.717) is 17.6 Å². The number of piperidine rings is 1. The Labute approximate surface area is 153 Å². The Bertz CT molecular complexity index is 831. The monoisotopic (exact) mass is 349 g/mol. The molecule has 2 aromatic heterocycles. The molecule has 1 aliphatic heterocycles. The van der Waals surface area contributed by atoms with Gasteiger partial charge in [-0.1, -0.05) is 18.6 Å². The molecule has 0 saturated carbocycles. The molecular formula is C21H23N3O2. The number of benzene rings is 1. The van der Waals surface area contributed by atoms with Gasteiger partial charge in [0.05, 0.1) is 13.4 Å². The molecule has 0 N–H and O–H groups in total. The summed E-state index contributed by atoms with van der Waals surface area (Å²) in [6.45, 7) is 1.93. The van der Waals surface area contributed by atoms with E-state index in [1.165, 1.54) is 24.8 Å². The van der Waals surface area contributed by atoms with Crippen LogP contribution in [0.5, 0.6) is 5.75 Å². The summed E-state index contributed by atoms with van der Waals surface area (Å²) in [4.78, 5) is 11.4. The molecule has 3 heterocycles. The van der Waals surface area contributed by atoms with E-state index in [2.05, 4.69) is 33.1 Å². The fourth-order valence-corrected chi connectivity index (χ4v) is 3.61. The van der Waals surface area contributed by atoms with Crippen LogP contribution in [0.3, 0.4) is 0 Å². The van der Waals surface area contributed by atoms with Crippen molar-refractivity contribution in [3.8, 4) is 17.3 Å². The minimum Gasteiger partial charge on any atom is -0.497 e. The summed E-state index contributed by atoms with van der Waals surface area (Å²) in [7, 11) is 1.72. The fourth-order valence-electron chi connectivity index (χ4n) is 3.61. The highest BCUT2D eigenvalue weighted by Gasteiger charge is 2.24. The number of likely N-dealkylation sites (tertiary alicyclic amines) is 1. The quantitative estimate of drug-likeness (QED) is 0.680. The lowest BCUT2D eigenvalue weighted by atomic mass is 9.94. The summed E-state index contributed by atoms with van der Waals surface area (Å²) in [6, 6.07) is 12.5. The topological polar surface area (TPSA) is 51.4 Å². The predicted molar refractivity (Wildman–Crippen MR) is 99.7 cm³/mol. The second kappa shape index (κ2) is 7.70. The van der Waals surface area contributed by atoms with Gasteiger partial charge in [-0.2, -0.15) is 0 Å². The molecule has 134 valence electrons. The van der Waals surface area contributed by atoms with E-state index >= 15 is 0 Å². The van der Waals surface area contributed by atoms with Gasteiger partial charge in [-0.05, 0) is 49.2 Å². The summed E-state index contributed by atoms with van der Waals surface area (Å²) in [5.74, 6) is 2.24. The molecule has 4 rings (SSSR count). The highest BCUT2D eigenvalue weighted by molar-refractivity contribution is 5.45. The zero-order valence-electron chi connectivity index (χ0n) is 15.0. The maximum absolute atomic E-state index is 5.40. The molecule has 3 aromatic rings. The van der Waals surface area contributed by atoms with E-state index in [9.17, 15) is 0 Å². The maximum atomic E-state index is 5.40. The van der Waals surface area contributed by atoms with Gasteiger partial charge in [0.1, 0.15) is 5.75 Å². The van der Waals surface area contributed by atoms with E-state index in [-0.39, 0.29) is 0 Å². The third-order valence-corrected chi connectivity index (χ3v) is 4.92. The molecule has 0 bridgehead atoms. The van der Waals surface area contributed by atoms with Gasteiger partial charge in [0.25, 0.3) is 0 Å². The van der Waals surface area contributed by atoms with Crippen molar-refractivity contribution < 1.29 is 9.15 Å². The Balaban J connectivity index is 1.51. The number of hydrogen-bond donors (Lipinski definition) is 0. The first-order chi connectivity index (χ1) is 12.8. The summed E-state index contributed by atoms with van der Waals surface area (Å²) in [6.07, 6.45) is 9.10.